The third-order valence-electron chi connectivity index (χ3n) is 2.66. The molecule has 1 aromatic rings. The monoisotopic (exact) mass is 268 g/mol. The molecule has 0 aliphatic heterocycles. The Morgan fingerprint density at radius 1 is 1.16 bits per heavy atom. The number of aromatic hydroxyl groups is 1. The summed E-state index contributed by atoms with van der Waals surface area (Å²) in [6.07, 6.45) is -0.619. The summed E-state index contributed by atoms with van der Waals surface area (Å²) in [5.74, 6) is -1.56. The number of rotatable bonds is 5. The number of phenols is 1. The molecule has 0 aliphatic carbocycles. The van der Waals surface area contributed by atoms with Crippen molar-refractivity contribution in [2.75, 3.05) is 14.2 Å². The highest BCUT2D eigenvalue weighted by atomic mass is 16.5. The number of carbonyl (C=O) groups excluding carboxylic acids is 2. The third kappa shape index (κ3) is 3.96. The van der Waals surface area contributed by atoms with Gasteiger partial charge in [0.1, 0.15) is 5.75 Å². The van der Waals surface area contributed by atoms with Gasteiger partial charge in [0.25, 0.3) is 0 Å². The van der Waals surface area contributed by atoms with Gasteiger partial charge in [-0.3, -0.25) is 4.79 Å². The Labute approximate surface area is 110 Å². The zero-order chi connectivity index (χ0) is 14.5. The lowest BCUT2D eigenvalue weighted by atomic mass is 9.91. The first-order chi connectivity index (χ1) is 8.91. The zero-order valence-corrected chi connectivity index (χ0v) is 10.8. The Hall–Kier alpha value is -2.08. The molecule has 0 fully saturated rings. The second kappa shape index (κ2) is 6.19. The summed E-state index contributed by atoms with van der Waals surface area (Å²) in [7, 11) is 2.29. The van der Waals surface area contributed by atoms with Crippen LogP contribution >= 0.6 is 0 Å². The first kappa shape index (κ1) is 15.0. The number of aliphatic hydroxyl groups is 1. The number of phenolic OH excluding ortho intramolecular Hbond substituents is 1. The van der Waals surface area contributed by atoms with Crippen molar-refractivity contribution in [1.82, 2.24) is 0 Å². The molecule has 1 atom stereocenters. The topological polar surface area (TPSA) is 93.1 Å². The summed E-state index contributed by atoms with van der Waals surface area (Å²) < 4.78 is 8.96. The zero-order valence-electron chi connectivity index (χ0n) is 10.8. The fraction of sp³-hybridized carbons (Fsp3) is 0.385. The highest BCUT2D eigenvalue weighted by molar-refractivity contribution is 5.85. The largest absolute Gasteiger partial charge is 0.508 e. The van der Waals surface area contributed by atoms with Crippen LogP contribution in [0.3, 0.4) is 0 Å². The summed E-state index contributed by atoms with van der Waals surface area (Å²) in [4.78, 5) is 22.9. The molecular formula is C13H16O6. The van der Waals surface area contributed by atoms with Crippen molar-refractivity contribution in [2.45, 2.75) is 18.4 Å². The number of esters is 2. The van der Waals surface area contributed by atoms with E-state index in [4.69, 9.17) is 5.11 Å². The average molecular weight is 268 g/mol. The maximum atomic E-state index is 11.6. The predicted octanol–water partition coefficient (Wildman–Crippen LogP) is 0.402. The fourth-order valence-electron chi connectivity index (χ4n) is 1.66. The number of ether oxygens (including phenoxy) is 2. The van der Waals surface area contributed by atoms with E-state index in [0.29, 0.717) is 5.56 Å². The maximum absolute atomic E-state index is 11.6. The van der Waals surface area contributed by atoms with Crippen molar-refractivity contribution in [2.24, 2.45) is 0 Å². The van der Waals surface area contributed by atoms with Crippen LogP contribution in [0.15, 0.2) is 24.3 Å². The summed E-state index contributed by atoms with van der Waals surface area (Å²) in [6, 6.07) is 5.93. The molecule has 0 aromatic heterocycles. The van der Waals surface area contributed by atoms with Crippen molar-refractivity contribution < 1.29 is 29.3 Å². The van der Waals surface area contributed by atoms with Crippen molar-refractivity contribution in [3.05, 3.63) is 29.8 Å². The molecule has 104 valence electrons. The lowest BCUT2D eigenvalue weighted by Crippen LogP contribution is -2.44. The van der Waals surface area contributed by atoms with E-state index in [-0.39, 0.29) is 12.2 Å². The van der Waals surface area contributed by atoms with Gasteiger partial charge in [0.05, 0.1) is 20.6 Å². The minimum Gasteiger partial charge on any atom is -0.508 e. The van der Waals surface area contributed by atoms with Gasteiger partial charge in [0.15, 0.2) is 5.60 Å². The molecular weight excluding hydrogens is 252 g/mol. The minimum absolute atomic E-state index is 0.0679. The van der Waals surface area contributed by atoms with E-state index in [9.17, 15) is 14.7 Å². The van der Waals surface area contributed by atoms with Crippen LogP contribution in [0.2, 0.25) is 0 Å². The second-order valence-electron chi connectivity index (χ2n) is 4.12. The number of hydrogen-bond donors (Lipinski definition) is 2. The molecule has 6 nitrogen and oxygen atoms in total. The van der Waals surface area contributed by atoms with Gasteiger partial charge < -0.3 is 19.7 Å². The SMILES string of the molecule is COC(=O)CC(O)(Cc1ccc(O)cc1)C(=O)OC. The quantitative estimate of drug-likeness (QED) is 0.751. The van der Waals surface area contributed by atoms with Crippen LogP contribution in [0.25, 0.3) is 0 Å². The van der Waals surface area contributed by atoms with Crippen molar-refractivity contribution in [3.8, 4) is 5.75 Å². The molecule has 19 heavy (non-hydrogen) atoms. The highest BCUT2D eigenvalue weighted by Crippen LogP contribution is 2.21. The van der Waals surface area contributed by atoms with Crippen LogP contribution in [-0.4, -0.2) is 42.0 Å². The maximum Gasteiger partial charge on any atom is 0.338 e. The van der Waals surface area contributed by atoms with Gasteiger partial charge >= 0.3 is 11.9 Å². The molecule has 0 spiro atoms. The summed E-state index contributed by atoms with van der Waals surface area (Å²) in [5.41, 5.74) is -1.41. The van der Waals surface area contributed by atoms with E-state index in [1.165, 1.54) is 19.2 Å². The van der Waals surface area contributed by atoms with E-state index >= 15 is 0 Å². The molecule has 0 amide bonds. The predicted molar refractivity (Wildman–Crippen MR) is 65.4 cm³/mol. The van der Waals surface area contributed by atoms with E-state index in [2.05, 4.69) is 9.47 Å². The van der Waals surface area contributed by atoms with Crippen LogP contribution in [-0.2, 0) is 25.5 Å². The van der Waals surface area contributed by atoms with Crippen LogP contribution in [0, 0.1) is 0 Å². The van der Waals surface area contributed by atoms with E-state index in [0.717, 1.165) is 7.11 Å². The van der Waals surface area contributed by atoms with Gasteiger partial charge in [-0.05, 0) is 17.7 Å². The molecule has 0 radical (unpaired) electrons. The number of methoxy groups -OCH3 is 2. The Bertz CT molecular complexity index is 453. The van der Waals surface area contributed by atoms with Crippen LogP contribution < -0.4 is 0 Å². The second-order valence-corrected chi connectivity index (χ2v) is 4.12. The van der Waals surface area contributed by atoms with Crippen molar-refractivity contribution >= 4 is 11.9 Å². The molecule has 0 aliphatic rings. The first-order valence-electron chi connectivity index (χ1n) is 5.57. The van der Waals surface area contributed by atoms with E-state index < -0.39 is 24.0 Å². The Morgan fingerprint density at radius 2 is 1.74 bits per heavy atom. The highest BCUT2D eigenvalue weighted by Gasteiger charge is 2.40. The normalized spacial score (nSPS) is 13.4. The van der Waals surface area contributed by atoms with Crippen LogP contribution in [0.1, 0.15) is 12.0 Å². The van der Waals surface area contributed by atoms with Gasteiger partial charge in [-0.1, -0.05) is 12.1 Å². The number of benzene rings is 1. The summed E-state index contributed by atoms with van der Waals surface area (Å²) in [6.45, 7) is 0. The Kier molecular flexibility index (Phi) is 4.88. The van der Waals surface area contributed by atoms with Crippen LogP contribution in [0.4, 0.5) is 0 Å². The third-order valence-corrected chi connectivity index (χ3v) is 2.66. The van der Waals surface area contributed by atoms with Gasteiger partial charge in [-0.25, -0.2) is 4.79 Å². The molecule has 0 heterocycles. The molecule has 0 saturated heterocycles. The molecule has 1 unspecified atom stereocenters. The van der Waals surface area contributed by atoms with Gasteiger partial charge in [0, 0.05) is 6.42 Å². The van der Waals surface area contributed by atoms with E-state index in [1.54, 1.807) is 12.1 Å². The molecule has 0 bridgehead atoms. The number of carbonyl (C=O) groups is 2. The summed E-state index contributed by atoms with van der Waals surface area (Å²) in [5, 5.41) is 19.4. The molecule has 1 rings (SSSR count). The van der Waals surface area contributed by atoms with Crippen LogP contribution in [0.5, 0.6) is 5.75 Å². The standard InChI is InChI=1S/C13H16O6/c1-18-11(15)8-13(17,12(16)19-2)7-9-3-5-10(14)6-4-9/h3-6,14,17H,7-8H2,1-2H3. The summed E-state index contributed by atoms with van der Waals surface area (Å²) >= 11 is 0. The lowest BCUT2D eigenvalue weighted by Gasteiger charge is -2.24. The Morgan fingerprint density at radius 3 is 2.21 bits per heavy atom. The van der Waals surface area contributed by atoms with Crippen molar-refractivity contribution in [1.29, 1.82) is 0 Å². The number of hydrogen-bond acceptors (Lipinski definition) is 6. The van der Waals surface area contributed by atoms with Gasteiger partial charge in [-0.15, -0.1) is 0 Å². The lowest BCUT2D eigenvalue weighted by molar-refractivity contribution is -0.169. The average Bonchev–Trinajstić information content (AvgIpc) is 2.40. The molecule has 6 heteroatoms. The van der Waals surface area contributed by atoms with Gasteiger partial charge in [0.2, 0.25) is 0 Å². The Balaban J connectivity index is 2.94. The first-order valence-corrected chi connectivity index (χ1v) is 5.57. The smallest absolute Gasteiger partial charge is 0.338 e. The molecule has 0 saturated carbocycles. The minimum atomic E-state index is -1.99. The van der Waals surface area contributed by atoms with Gasteiger partial charge in [-0.2, -0.15) is 0 Å². The molecule has 2 N–H and O–H groups in total. The molecule has 1 aromatic carbocycles. The van der Waals surface area contributed by atoms with Crippen molar-refractivity contribution in [3.63, 3.8) is 0 Å². The fourth-order valence-corrected chi connectivity index (χ4v) is 1.66. The van der Waals surface area contributed by atoms with E-state index in [1.807, 2.05) is 0 Å².